The Balaban J connectivity index is 2.08. The highest BCUT2D eigenvalue weighted by Crippen LogP contribution is 2.41. The molecule has 0 unspecified atom stereocenters. The Kier molecular flexibility index (Phi) is 3.27. The number of benzene rings is 1. The van der Waals surface area contributed by atoms with Gasteiger partial charge in [0.2, 0.25) is 0 Å². The quantitative estimate of drug-likeness (QED) is 0.918. The lowest BCUT2D eigenvalue weighted by atomic mass is 10.1. The third-order valence-corrected chi connectivity index (χ3v) is 3.98. The van der Waals surface area contributed by atoms with E-state index < -0.39 is 17.6 Å². The smallest absolute Gasteiger partial charge is 0.366 e. The third kappa shape index (κ3) is 2.49. The Morgan fingerprint density at radius 3 is 2.27 bits per heavy atom. The zero-order chi connectivity index (χ0) is 16.1. The van der Waals surface area contributed by atoms with Gasteiger partial charge in [-0.1, -0.05) is 12.1 Å². The van der Waals surface area contributed by atoms with Gasteiger partial charge in [0.25, 0.3) is 5.91 Å². The molecule has 0 radical (unpaired) electrons. The van der Waals surface area contributed by atoms with E-state index in [1.54, 1.807) is 6.07 Å². The van der Waals surface area contributed by atoms with Gasteiger partial charge in [0.15, 0.2) is 0 Å². The van der Waals surface area contributed by atoms with Crippen LogP contribution in [0.2, 0.25) is 0 Å². The van der Waals surface area contributed by atoms with Crippen LogP contribution < -0.4 is 5.73 Å². The van der Waals surface area contributed by atoms with Crippen molar-refractivity contribution in [1.29, 1.82) is 0 Å². The van der Waals surface area contributed by atoms with E-state index in [0.717, 1.165) is 36.4 Å². The van der Waals surface area contributed by atoms with Crippen molar-refractivity contribution in [2.45, 2.75) is 32.0 Å². The van der Waals surface area contributed by atoms with Crippen LogP contribution in [0.25, 0.3) is 11.3 Å². The van der Waals surface area contributed by atoms with Gasteiger partial charge in [0.1, 0.15) is 0 Å². The van der Waals surface area contributed by atoms with Crippen molar-refractivity contribution in [2.24, 2.45) is 5.73 Å². The monoisotopic (exact) mass is 308 g/mol. The van der Waals surface area contributed by atoms with Crippen molar-refractivity contribution in [1.82, 2.24) is 4.57 Å². The first kappa shape index (κ1) is 14.7. The molecule has 0 spiro atoms. The maximum Gasteiger partial charge on any atom is 0.416 e. The highest BCUT2D eigenvalue weighted by molar-refractivity contribution is 5.95. The Hall–Kier alpha value is -2.24. The normalized spacial score (nSPS) is 15.1. The Bertz CT molecular complexity index is 725. The number of nitrogens with two attached hydrogens (primary N) is 1. The summed E-state index contributed by atoms with van der Waals surface area (Å²) in [5, 5.41) is 0. The van der Waals surface area contributed by atoms with Gasteiger partial charge in [-0.15, -0.1) is 0 Å². The van der Waals surface area contributed by atoms with Crippen LogP contribution in [0.4, 0.5) is 13.2 Å². The Morgan fingerprint density at radius 2 is 1.82 bits per heavy atom. The number of carbonyl (C=O) groups excluding carboxylic acids is 1. The number of primary amides is 1. The van der Waals surface area contributed by atoms with Gasteiger partial charge in [-0.05, 0) is 43.5 Å². The number of nitrogens with zero attached hydrogens (tertiary/aromatic N) is 1. The molecule has 0 saturated heterocycles. The van der Waals surface area contributed by atoms with Crippen LogP contribution in [0.3, 0.4) is 0 Å². The molecular formula is C16H15F3N2O. The fourth-order valence-electron chi connectivity index (χ4n) is 2.73. The fraction of sp³-hybridized carbons (Fsp3) is 0.312. The highest BCUT2D eigenvalue weighted by Gasteiger charge is 2.32. The van der Waals surface area contributed by atoms with Crippen LogP contribution in [0.5, 0.6) is 0 Å². The summed E-state index contributed by atoms with van der Waals surface area (Å²) in [6.07, 6.45) is -2.35. The first-order valence-electron chi connectivity index (χ1n) is 6.98. The lowest BCUT2D eigenvalue weighted by Crippen LogP contribution is -2.12. The fourth-order valence-corrected chi connectivity index (χ4v) is 2.73. The van der Waals surface area contributed by atoms with E-state index in [4.69, 9.17) is 5.73 Å². The minimum atomic E-state index is -4.36. The first-order chi connectivity index (χ1) is 10.3. The van der Waals surface area contributed by atoms with E-state index in [9.17, 15) is 18.0 Å². The average Bonchev–Trinajstić information content (AvgIpc) is 3.21. The Morgan fingerprint density at radius 1 is 1.23 bits per heavy atom. The second-order valence-corrected chi connectivity index (χ2v) is 5.57. The van der Waals surface area contributed by atoms with Crippen LogP contribution in [0.1, 0.15) is 40.5 Å². The zero-order valence-corrected chi connectivity index (χ0v) is 11.9. The number of rotatable bonds is 3. The Labute approximate surface area is 125 Å². The maximum absolute atomic E-state index is 12.6. The van der Waals surface area contributed by atoms with Crippen molar-refractivity contribution >= 4 is 5.91 Å². The van der Waals surface area contributed by atoms with Crippen LogP contribution >= 0.6 is 0 Å². The van der Waals surface area contributed by atoms with E-state index in [-0.39, 0.29) is 0 Å². The molecule has 0 bridgehead atoms. The van der Waals surface area contributed by atoms with Crippen LogP contribution in [0.15, 0.2) is 30.3 Å². The number of halogens is 3. The van der Waals surface area contributed by atoms with Crippen molar-refractivity contribution in [3.63, 3.8) is 0 Å². The van der Waals surface area contributed by atoms with Gasteiger partial charge in [-0.2, -0.15) is 13.2 Å². The molecule has 0 aliphatic heterocycles. The van der Waals surface area contributed by atoms with E-state index in [0.29, 0.717) is 17.2 Å². The van der Waals surface area contributed by atoms with Crippen LogP contribution in [-0.4, -0.2) is 10.5 Å². The third-order valence-electron chi connectivity index (χ3n) is 3.98. The van der Waals surface area contributed by atoms with E-state index in [1.165, 1.54) is 12.1 Å². The van der Waals surface area contributed by atoms with E-state index >= 15 is 0 Å². The summed E-state index contributed by atoms with van der Waals surface area (Å²) in [4.78, 5) is 11.5. The lowest BCUT2D eigenvalue weighted by molar-refractivity contribution is -0.137. The van der Waals surface area contributed by atoms with Gasteiger partial charge in [0.05, 0.1) is 11.1 Å². The minimum Gasteiger partial charge on any atom is -0.366 e. The molecule has 22 heavy (non-hydrogen) atoms. The molecule has 116 valence electrons. The van der Waals surface area contributed by atoms with Crippen molar-refractivity contribution in [3.8, 4) is 11.3 Å². The molecule has 3 rings (SSSR count). The first-order valence-corrected chi connectivity index (χ1v) is 6.98. The number of aromatic nitrogens is 1. The summed E-state index contributed by atoms with van der Waals surface area (Å²) in [5.41, 5.74) is 7.26. The predicted molar refractivity (Wildman–Crippen MR) is 76.4 cm³/mol. The summed E-state index contributed by atoms with van der Waals surface area (Å²) in [6.45, 7) is 1.81. The molecule has 0 atom stereocenters. The number of amides is 1. The molecule has 1 amide bonds. The molecule has 6 heteroatoms. The standard InChI is InChI=1S/C16H15F3N2O/c1-9-13(15(20)22)8-14(21(9)12-6-7-12)10-2-4-11(5-3-10)16(17,18)19/h2-5,8,12H,6-7H2,1H3,(H2,20,22). The number of carbonyl (C=O) groups is 1. The second-order valence-electron chi connectivity index (χ2n) is 5.57. The summed E-state index contributed by atoms with van der Waals surface area (Å²) in [7, 11) is 0. The summed E-state index contributed by atoms with van der Waals surface area (Å²) in [5.74, 6) is -0.523. The van der Waals surface area contributed by atoms with Gasteiger partial charge in [0, 0.05) is 17.4 Å². The largest absolute Gasteiger partial charge is 0.416 e. The van der Waals surface area contributed by atoms with Crippen molar-refractivity contribution < 1.29 is 18.0 Å². The van der Waals surface area contributed by atoms with Crippen molar-refractivity contribution in [3.05, 3.63) is 47.2 Å². The van der Waals surface area contributed by atoms with Gasteiger partial charge in [-0.3, -0.25) is 4.79 Å². The second kappa shape index (κ2) is 4.90. The summed E-state index contributed by atoms with van der Waals surface area (Å²) < 4.78 is 39.9. The summed E-state index contributed by atoms with van der Waals surface area (Å²) >= 11 is 0. The van der Waals surface area contributed by atoms with E-state index in [2.05, 4.69) is 0 Å². The molecule has 1 aliphatic rings. The molecule has 1 saturated carbocycles. The number of hydrogen-bond acceptors (Lipinski definition) is 1. The van der Waals surface area contributed by atoms with Gasteiger partial charge >= 0.3 is 6.18 Å². The van der Waals surface area contributed by atoms with Crippen molar-refractivity contribution in [2.75, 3.05) is 0 Å². The minimum absolute atomic E-state index is 0.297. The molecular weight excluding hydrogens is 293 g/mol. The maximum atomic E-state index is 12.6. The van der Waals surface area contributed by atoms with Crippen LogP contribution in [0, 0.1) is 6.92 Å². The molecule has 3 nitrogen and oxygen atoms in total. The van der Waals surface area contributed by atoms with Crippen LogP contribution in [-0.2, 0) is 6.18 Å². The SMILES string of the molecule is Cc1c(C(N)=O)cc(-c2ccc(C(F)(F)F)cc2)n1C1CC1. The lowest BCUT2D eigenvalue weighted by Gasteiger charge is -2.12. The van der Waals surface area contributed by atoms with Gasteiger partial charge in [-0.25, -0.2) is 0 Å². The number of alkyl halides is 3. The summed E-state index contributed by atoms with van der Waals surface area (Å²) in [6, 6.07) is 6.93. The molecule has 1 aromatic carbocycles. The predicted octanol–water partition coefficient (Wildman–Crippen LogP) is 3.92. The molecule has 1 aliphatic carbocycles. The van der Waals surface area contributed by atoms with Gasteiger partial charge < -0.3 is 10.3 Å². The molecule has 1 heterocycles. The van der Waals surface area contributed by atoms with E-state index in [1.807, 2.05) is 11.5 Å². The molecule has 2 N–H and O–H groups in total. The molecule has 2 aromatic rings. The topological polar surface area (TPSA) is 48.0 Å². The average molecular weight is 308 g/mol. The molecule has 1 fully saturated rings. The zero-order valence-electron chi connectivity index (χ0n) is 11.9. The number of hydrogen-bond donors (Lipinski definition) is 1. The highest BCUT2D eigenvalue weighted by atomic mass is 19.4. The molecule has 1 aromatic heterocycles.